The van der Waals surface area contributed by atoms with E-state index in [0.29, 0.717) is 5.56 Å². The van der Waals surface area contributed by atoms with Gasteiger partial charge in [0.1, 0.15) is 12.1 Å². The molecule has 4 heteroatoms. The Bertz CT molecular complexity index is 286. The van der Waals surface area contributed by atoms with Crippen LogP contribution in [0.4, 0.5) is 0 Å². The van der Waals surface area contributed by atoms with Crippen LogP contribution in [-0.4, -0.2) is 22.2 Å². The third-order valence-corrected chi connectivity index (χ3v) is 1.77. The highest BCUT2D eigenvalue weighted by Crippen LogP contribution is 2.14. The van der Waals surface area contributed by atoms with Gasteiger partial charge in [0.25, 0.3) is 0 Å². The van der Waals surface area contributed by atoms with Crippen LogP contribution in [0, 0.1) is 0 Å². The van der Waals surface area contributed by atoms with Crippen LogP contribution in [0.25, 0.3) is 0 Å². The number of carboxylic acids is 1. The minimum atomic E-state index is -1.28. The van der Waals surface area contributed by atoms with Crippen molar-refractivity contribution in [1.82, 2.24) is 0 Å². The molecule has 0 bridgehead atoms. The summed E-state index contributed by atoms with van der Waals surface area (Å²) in [5.41, 5.74) is 5.75. The Balaban J connectivity index is 2.79. The van der Waals surface area contributed by atoms with Crippen LogP contribution in [-0.2, 0) is 4.79 Å². The van der Waals surface area contributed by atoms with Gasteiger partial charge in [-0.05, 0) is 5.56 Å². The molecule has 0 spiro atoms. The van der Waals surface area contributed by atoms with Gasteiger partial charge in [-0.1, -0.05) is 30.3 Å². The fourth-order valence-electron chi connectivity index (χ4n) is 0.993. The molecule has 0 fully saturated rings. The van der Waals surface area contributed by atoms with Crippen molar-refractivity contribution < 1.29 is 15.0 Å². The lowest BCUT2D eigenvalue weighted by Gasteiger charge is -2.14. The van der Waals surface area contributed by atoms with Gasteiger partial charge in [-0.2, -0.15) is 0 Å². The predicted molar refractivity (Wildman–Crippen MR) is 47.0 cm³/mol. The monoisotopic (exact) mass is 181 g/mol. The van der Waals surface area contributed by atoms with Crippen molar-refractivity contribution in [3.05, 3.63) is 35.9 Å². The second kappa shape index (κ2) is 4.02. The Morgan fingerprint density at radius 3 is 2.31 bits per heavy atom. The van der Waals surface area contributed by atoms with Crippen molar-refractivity contribution in [1.29, 1.82) is 0 Å². The zero-order valence-corrected chi connectivity index (χ0v) is 6.92. The van der Waals surface area contributed by atoms with E-state index in [9.17, 15) is 9.90 Å². The SMILES string of the molecule is N[C@@H](C(=O)O)C(O)c1ccccc1. The number of aliphatic carboxylic acids is 1. The van der Waals surface area contributed by atoms with Gasteiger partial charge < -0.3 is 15.9 Å². The van der Waals surface area contributed by atoms with Gasteiger partial charge in [-0.25, -0.2) is 0 Å². The maximum Gasteiger partial charge on any atom is 0.323 e. The van der Waals surface area contributed by atoms with Crippen molar-refractivity contribution in [2.24, 2.45) is 5.73 Å². The van der Waals surface area contributed by atoms with E-state index in [1.54, 1.807) is 30.3 Å². The van der Waals surface area contributed by atoms with Gasteiger partial charge in [-0.15, -0.1) is 0 Å². The van der Waals surface area contributed by atoms with Gasteiger partial charge >= 0.3 is 5.97 Å². The Morgan fingerprint density at radius 1 is 1.31 bits per heavy atom. The van der Waals surface area contributed by atoms with Crippen LogP contribution in [0.1, 0.15) is 11.7 Å². The van der Waals surface area contributed by atoms with E-state index in [1.165, 1.54) is 0 Å². The molecule has 2 atom stereocenters. The van der Waals surface area contributed by atoms with Crippen LogP contribution in [0.5, 0.6) is 0 Å². The maximum absolute atomic E-state index is 10.4. The Labute approximate surface area is 75.6 Å². The largest absolute Gasteiger partial charge is 0.480 e. The van der Waals surface area contributed by atoms with Crippen molar-refractivity contribution in [3.63, 3.8) is 0 Å². The number of rotatable bonds is 3. The van der Waals surface area contributed by atoms with E-state index in [4.69, 9.17) is 10.8 Å². The Kier molecular flexibility index (Phi) is 3.00. The van der Waals surface area contributed by atoms with E-state index >= 15 is 0 Å². The molecule has 70 valence electrons. The number of hydrogen-bond acceptors (Lipinski definition) is 3. The molecule has 1 unspecified atom stereocenters. The number of benzene rings is 1. The summed E-state index contributed by atoms with van der Waals surface area (Å²) in [6.07, 6.45) is -1.15. The van der Waals surface area contributed by atoms with Gasteiger partial charge in [0.05, 0.1) is 0 Å². The fourth-order valence-corrected chi connectivity index (χ4v) is 0.993. The van der Waals surface area contributed by atoms with Gasteiger partial charge in [0.15, 0.2) is 0 Å². The van der Waals surface area contributed by atoms with Crippen molar-refractivity contribution in [2.75, 3.05) is 0 Å². The van der Waals surface area contributed by atoms with E-state index < -0.39 is 18.1 Å². The second-order valence-electron chi connectivity index (χ2n) is 2.72. The number of hydrogen-bond donors (Lipinski definition) is 3. The summed E-state index contributed by atoms with van der Waals surface area (Å²) < 4.78 is 0. The van der Waals surface area contributed by atoms with Crippen molar-refractivity contribution >= 4 is 5.97 Å². The van der Waals surface area contributed by atoms with Crippen LogP contribution in [0.3, 0.4) is 0 Å². The second-order valence-corrected chi connectivity index (χ2v) is 2.72. The zero-order valence-electron chi connectivity index (χ0n) is 6.92. The van der Waals surface area contributed by atoms with Gasteiger partial charge in [-0.3, -0.25) is 4.79 Å². The highest BCUT2D eigenvalue weighted by atomic mass is 16.4. The molecular weight excluding hydrogens is 170 g/mol. The van der Waals surface area contributed by atoms with Crippen LogP contribution < -0.4 is 5.73 Å². The molecule has 13 heavy (non-hydrogen) atoms. The molecule has 0 saturated carbocycles. The average Bonchev–Trinajstić information content (AvgIpc) is 2.17. The molecule has 0 heterocycles. The quantitative estimate of drug-likeness (QED) is 0.619. The molecular formula is C9H11NO3. The summed E-state index contributed by atoms with van der Waals surface area (Å²) in [5.74, 6) is -1.21. The maximum atomic E-state index is 10.4. The van der Waals surface area contributed by atoms with Gasteiger partial charge in [0.2, 0.25) is 0 Å². The number of nitrogens with two attached hydrogens (primary N) is 1. The number of carbonyl (C=O) groups is 1. The number of aliphatic hydroxyl groups is 1. The molecule has 0 aliphatic heterocycles. The first-order valence-corrected chi connectivity index (χ1v) is 3.84. The van der Waals surface area contributed by atoms with E-state index in [-0.39, 0.29) is 0 Å². The topological polar surface area (TPSA) is 83.6 Å². The molecule has 0 aliphatic rings. The molecule has 4 N–H and O–H groups in total. The Hall–Kier alpha value is -1.39. The molecule has 4 nitrogen and oxygen atoms in total. The predicted octanol–water partition coefficient (Wildman–Crippen LogP) is 0.132. The summed E-state index contributed by atoms with van der Waals surface area (Å²) in [7, 11) is 0. The first-order valence-electron chi connectivity index (χ1n) is 3.84. The van der Waals surface area contributed by atoms with E-state index in [1.807, 2.05) is 0 Å². The smallest absolute Gasteiger partial charge is 0.323 e. The summed E-state index contributed by atoms with van der Waals surface area (Å²) >= 11 is 0. The minimum Gasteiger partial charge on any atom is -0.480 e. The van der Waals surface area contributed by atoms with Crippen LogP contribution in [0.2, 0.25) is 0 Å². The van der Waals surface area contributed by atoms with E-state index in [2.05, 4.69) is 0 Å². The molecule has 1 rings (SSSR count). The fraction of sp³-hybridized carbons (Fsp3) is 0.222. The molecule has 1 aromatic rings. The lowest BCUT2D eigenvalue weighted by Crippen LogP contribution is -2.36. The summed E-state index contributed by atoms with van der Waals surface area (Å²) in [6, 6.07) is 7.20. The molecule has 0 aliphatic carbocycles. The zero-order chi connectivity index (χ0) is 9.84. The standard InChI is InChI=1S/C9H11NO3/c10-7(9(12)13)8(11)6-4-2-1-3-5-6/h1-5,7-8,11H,10H2,(H,12,13)/t7-,8?/m1/s1. The summed E-state index contributed by atoms with van der Waals surface area (Å²) in [5, 5.41) is 18.0. The Morgan fingerprint density at radius 2 is 1.85 bits per heavy atom. The molecule has 0 aromatic heterocycles. The lowest BCUT2D eigenvalue weighted by molar-refractivity contribution is -0.141. The third kappa shape index (κ3) is 2.27. The normalized spacial score (nSPS) is 14.9. The molecule has 1 aromatic carbocycles. The van der Waals surface area contributed by atoms with Crippen molar-refractivity contribution in [2.45, 2.75) is 12.1 Å². The summed E-state index contributed by atoms with van der Waals surface area (Å²) in [4.78, 5) is 10.4. The first kappa shape index (κ1) is 9.70. The average molecular weight is 181 g/mol. The summed E-state index contributed by atoms with van der Waals surface area (Å²) in [6.45, 7) is 0. The molecule has 0 saturated heterocycles. The lowest BCUT2D eigenvalue weighted by atomic mass is 10.0. The molecule has 0 radical (unpaired) electrons. The van der Waals surface area contributed by atoms with Crippen molar-refractivity contribution in [3.8, 4) is 0 Å². The number of aliphatic hydroxyl groups excluding tert-OH is 1. The first-order chi connectivity index (χ1) is 6.13. The van der Waals surface area contributed by atoms with Crippen LogP contribution in [0.15, 0.2) is 30.3 Å². The van der Waals surface area contributed by atoms with Gasteiger partial charge in [0, 0.05) is 0 Å². The van der Waals surface area contributed by atoms with E-state index in [0.717, 1.165) is 0 Å². The third-order valence-electron chi connectivity index (χ3n) is 1.77. The minimum absolute atomic E-state index is 0.511. The number of carboxylic acid groups (broad SMARTS) is 1. The highest BCUT2D eigenvalue weighted by molar-refractivity contribution is 5.74. The van der Waals surface area contributed by atoms with Crippen LogP contribution >= 0.6 is 0 Å². The molecule has 0 amide bonds. The highest BCUT2D eigenvalue weighted by Gasteiger charge is 2.22.